The molecule has 3 aromatic carbocycles. The summed E-state index contributed by atoms with van der Waals surface area (Å²) in [5.41, 5.74) is 9.85. The number of nitrogens with zero attached hydrogens (tertiary/aromatic N) is 4. The normalized spacial score (nSPS) is 14.4. The molecule has 1 aliphatic heterocycles. The van der Waals surface area contributed by atoms with E-state index in [1.165, 1.54) is 0 Å². The quantitative estimate of drug-likeness (QED) is 0.237. The van der Waals surface area contributed by atoms with Crippen LogP contribution in [0, 0.1) is 0 Å². The van der Waals surface area contributed by atoms with Crippen molar-refractivity contribution in [1.29, 1.82) is 0 Å². The summed E-state index contributed by atoms with van der Waals surface area (Å²) in [6.07, 6.45) is 2.85. The van der Waals surface area contributed by atoms with Gasteiger partial charge in [0.05, 0.1) is 35.8 Å². The molecule has 224 valence electrons. The number of fused-ring (bicyclic) bond motifs is 1. The summed E-state index contributed by atoms with van der Waals surface area (Å²) < 4.78 is 9.39. The Bertz CT molecular complexity index is 1910. The molecular weight excluding hydrogens is 554 g/mol. The van der Waals surface area contributed by atoms with Crippen molar-refractivity contribution < 1.29 is 14.6 Å². The molecule has 2 atom stereocenters. The standard InChI is InChI=1S/C35H35N5O4/c1-4-8-32-30(20-24-11-16-28(25-9-6-5-7-10-25)29(19-24)31-21-33(42)38-37-31)35(43)39(34-17-18-36-40(32)34)26-12-14-27(15-13-26)44-23(3)22(2)41/h5-7,9-19,22-23,41H,4,8,20-21H2,1-3H3,(H,38,42)/t22-,23+/m0/s1. The third kappa shape index (κ3) is 5.66. The van der Waals surface area contributed by atoms with Gasteiger partial charge in [-0.2, -0.15) is 10.2 Å². The maximum Gasteiger partial charge on any atom is 0.262 e. The van der Waals surface area contributed by atoms with Gasteiger partial charge in [0.15, 0.2) is 0 Å². The number of carbonyl (C=O) groups excluding carboxylic acids is 1. The molecule has 9 heteroatoms. The Labute approximate surface area is 255 Å². The molecule has 0 spiro atoms. The Morgan fingerprint density at radius 3 is 2.43 bits per heavy atom. The fourth-order valence-corrected chi connectivity index (χ4v) is 5.60. The van der Waals surface area contributed by atoms with E-state index in [0.29, 0.717) is 41.2 Å². The van der Waals surface area contributed by atoms with E-state index in [4.69, 9.17) is 4.74 Å². The number of rotatable bonds is 10. The summed E-state index contributed by atoms with van der Waals surface area (Å²) in [5.74, 6) is 0.467. The van der Waals surface area contributed by atoms with Crippen molar-refractivity contribution in [1.82, 2.24) is 19.6 Å². The molecule has 6 rings (SSSR count). The fraction of sp³-hybridized carbons (Fsp3) is 0.257. The molecule has 0 unspecified atom stereocenters. The SMILES string of the molecule is CCCc1c(Cc2ccc(-c3ccccc3)c(C3=NNC(=O)C3)c2)c(=O)n(-c2ccc(O[C@H](C)[C@H](C)O)cc2)c2ccnn12. The molecule has 44 heavy (non-hydrogen) atoms. The van der Waals surface area contributed by atoms with Crippen molar-refractivity contribution in [2.75, 3.05) is 0 Å². The van der Waals surface area contributed by atoms with Crippen LogP contribution in [-0.4, -0.2) is 43.1 Å². The number of hydrogen-bond acceptors (Lipinski definition) is 6. The number of nitrogens with one attached hydrogen (secondary N) is 1. The molecule has 0 saturated heterocycles. The third-order valence-electron chi connectivity index (χ3n) is 8.00. The lowest BCUT2D eigenvalue weighted by Crippen LogP contribution is -2.28. The van der Waals surface area contributed by atoms with Crippen molar-refractivity contribution in [2.45, 2.75) is 58.7 Å². The van der Waals surface area contributed by atoms with Crippen LogP contribution in [0.1, 0.15) is 56.0 Å². The van der Waals surface area contributed by atoms with Gasteiger partial charge < -0.3 is 9.84 Å². The van der Waals surface area contributed by atoms with Crippen LogP contribution in [0.3, 0.4) is 0 Å². The molecule has 2 N–H and O–H groups in total. The highest BCUT2D eigenvalue weighted by Crippen LogP contribution is 2.29. The number of ether oxygens (including phenoxy) is 1. The number of carbonyl (C=O) groups is 1. The van der Waals surface area contributed by atoms with Crippen LogP contribution in [-0.2, 0) is 17.6 Å². The second-order valence-electron chi connectivity index (χ2n) is 11.2. The van der Waals surface area contributed by atoms with Gasteiger partial charge in [0, 0.05) is 23.6 Å². The van der Waals surface area contributed by atoms with Gasteiger partial charge in [0.1, 0.15) is 17.5 Å². The van der Waals surface area contributed by atoms with Gasteiger partial charge in [-0.25, -0.2) is 9.94 Å². The minimum absolute atomic E-state index is 0.115. The zero-order chi connectivity index (χ0) is 30.8. The van der Waals surface area contributed by atoms with Crippen molar-refractivity contribution in [3.05, 3.63) is 118 Å². The zero-order valence-corrected chi connectivity index (χ0v) is 25.0. The van der Waals surface area contributed by atoms with E-state index in [1.807, 2.05) is 78.2 Å². The van der Waals surface area contributed by atoms with Crippen molar-refractivity contribution in [3.8, 4) is 22.6 Å². The Balaban J connectivity index is 1.45. The van der Waals surface area contributed by atoms with Gasteiger partial charge in [0.2, 0.25) is 5.91 Å². The minimum atomic E-state index is -0.614. The Hall–Kier alpha value is -5.02. The highest BCUT2D eigenvalue weighted by atomic mass is 16.5. The number of hydrogen-bond donors (Lipinski definition) is 2. The molecule has 5 aromatic rings. The predicted molar refractivity (Wildman–Crippen MR) is 171 cm³/mol. The lowest BCUT2D eigenvalue weighted by Gasteiger charge is -2.19. The molecule has 1 aliphatic rings. The molecule has 3 heterocycles. The second-order valence-corrected chi connectivity index (χ2v) is 11.2. The number of aryl methyl sites for hydroxylation is 1. The molecular formula is C35H35N5O4. The van der Waals surface area contributed by atoms with Crippen molar-refractivity contribution >= 4 is 17.3 Å². The Morgan fingerprint density at radius 2 is 1.75 bits per heavy atom. The smallest absolute Gasteiger partial charge is 0.262 e. The largest absolute Gasteiger partial charge is 0.488 e. The van der Waals surface area contributed by atoms with Crippen LogP contribution in [0.25, 0.3) is 22.5 Å². The summed E-state index contributed by atoms with van der Waals surface area (Å²) in [6, 6.07) is 25.3. The van der Waals surface area contributed by atoms with Crippen LogP contribution < -0.4 is 15.7 Å². The third-order valence-corrected chi connectivity index (χ3v) is 8.00. The highest BCUT2D eigenvalue weighted by Gasteiger charge is 2.23. The number of hydrazone groups is 1. The predicted octanol–water partition coefficient (Wildman–Crippen LogP) is 5.07. The summed E-state index contributed by atoms with van der Waals surface area (Å²) in [4.78, 5) is 26.5. The van der Waals surface area contributed by atoms with Gasteiger partial charge in [0.25, 0.3) is 5.56 Å². The average Bonchev–Trinajstić information content (AvgIpc) is 3.69. The van der Waals surface area contributed by atoms with E-state index < -0.39 is 6.10 Å². The topological polar surface area (TPSA) is 110 Å². The number of amides is 1. The summed E-state index contributed by atoms with van der Waals surface area (Å²) >= 11 is 0. The van der Waals surface area contributed by atoms with Crippen molar-refractivity contribution in [2.24, 2.45) is 5.10 Å². The number of aliphatic hydroxyl groups is 1. The first-order chi connectivity index (χ1) is 21.3. The molecule has 1 amide bonds. The molecule has 0 saturated carbocycles. The van der Waals surface area contributed by atoms with E-state index >= 15 is 0 Å². The van der Waals surface area contributed by atoms with E-state index in [1.54, 1.807) is 29.8 Å². The monoisotopic (exact) mass is 589 g/mol. The van der Waals surface area contributed by atoms with E-state index in [-0.39, 0.29) is 24.0 Å². The first kappa shape index (κ1) is 29.1. The lowest BCUT2D eigenvalue weighted by molar-refractivity contribution is -0.119. The first-order valence-electron chi connectivity index (χ1n) is 14.9. The Kier molecular flexibility index (Phi) is 8.13. The molecule has 0 bridgehead atoms. The molecule has 0 aliphatic carbocycles. The fourth-order valence-electron chi connectivity index (χ4n) is 5.60. The van der Waals surface area contributed by atoms with E-state index in [0.717, 1.165) is 34.4 Å². The average molecular weight is 590 g/mol. The van der Waals surface area contributed by atoms with Gasteiger partial charge >= 0.3 is 0 Å². The van der Waals surface area contributed by atoms with Gasteiger partial charge in [-0.15, -0.1) is 0 Å². The maximum atomic E-state index is 14.4. The van der Waals surface area contributed by atoms with E-state index in [2.05, 4.69) is 22.5 Å². The first-order valence-corrected chi connectivity index (χ1v) is 14.9. The van der Waals surface area contributed by atoms with Crippen LogP contribution in [0.15, 0.2) is 95.0 Å². The second kappa shape index (κ2) is 12.3. The Morgan fingerprint density at radius 1 is 0.977 bits per heavy atom. The van der Waals surface area contributed by atoms with Crippen molar-refractivity contribution in [3.63, 3.8) is 0 Å². The molecule has 9 nitrogen and oxygen atoms in total. The zero-order valence-electron chi connectivity index (χ0n) is 25.0. The molecule has 0 radical (unpaired) electrons. The minimum Gasteiger partial charge on any atom is -0.488 e. The number of aliphatic hydroxyl groups excluding tert-OH is 1. The number of benzene rings is 3. The number of aromatic nitrogens is 3. The lowest BCUT2D eigenvalue weighted by atomic mass is 9.91. The van der Waals surface area contributed by atoms with Gasteiger partial charge in [-0.3, -0.25) is 14.2 Å². The van der Waals surface area contributed by atoms with Gasteiger partial charge in [-0.1, -0.05) is 55.8 Å². The summed E-state index contributed by atoms with van der Waals surface area (Å²) in [5, 5.41) is 18.8. The van der Waals surface area contributed by atoms with Crippen LogP contribution in [0.2, 0.25) is 0 Å². The maximum absolute atomic E-state index is 14.4. The highest BCUT2D eigenvalue weighted by molar-refractivity contribution is 6.16. The van der Waals surface area contributed by atoms with Crippen LogP contribution in [0.5, 0.6) is 5.75 Å². The van der Waals surface area contributed by atoms with Crippen LogP contribution >= 0.6 is 0 Å². The van der Waals surface area contributed by atoms with Gasteiger partial charge in [-0.05, 0) is 67.3 Å². The summed E-state index contributed by atoms with van der Waals surface area (Å²) in [7, 11) is 0. The van der Waals surface area contributed by atoms with E-state index in [9.17, 15) is 14.7 Å². The molecule has 2 aromatic heterocycles. The summed E-state index contributed by atoms with van der Waals surface area (Å²) in [6.45, 7) is 5.58. The van der Waals surface area contributed by atoms with Crippen LogP contribution in [0.4, 0.5) is 0 Å². The molecule has 0 fully saturated rings.